The highest BCUT2D eigenvalue weighted by Crippen LogP contribution is 2.30. The van der Waals surface area contributed by atoms with Crippen LogP contribution < -0.4 is 0 Å². The van der Waals surface area contributed by atoms with Gasteiger partial charge < -0.3 is 0 Å². The first-order valence-corrected chi connectivity index (χ1v) is 8.08. The van der Waals surface area contributed by atoms with E-state index in [0.717, 1.165) is 17.7 Å². The van der Waals surface area contributed by atoms with Gasteiger partial charge in [0.15, 0.2) is 0 Å². The fourth-order valence-electron chi connectivity index (χ4n) is 2.68. The van der Waals surface area contributed by atoms with Gasteiger partial charge in [-0.1, -0.05) is 18.2 Å². The molecule has 0 amide bonds. The van der Waals surface area contributed by atoms with E-state index in [1.165, 1.54) is 0 Å². The molecule has 1 aliphatic rings. The smallest absolute Gasteiger partial charge is 0.243 e. The third-order valence-electron chi connectivity index (χ3n) is 3.82. The van der Waals surface area contributed by atoms with Gasteiger partial charge in [-0.15, -0.1) is 0 Å². The van der Waals surface area contributed by atoms with Crippen LogP contribution in [0.1, 0.15) is 23.6 Å². The molecule has 0 radical (unpaired) electrons. The molecule has 1 N–H and O–H groups in total. The molecule has 0 bridgehead atoms. The minimum Gasteiger partial charge on any atom is -0.282 e. The number of rotatable bonds is 3. The lowest BCUT2D eigenvalue weighted by atomic mass is 10.1. The van der Waals surface area contributed by atoms with Crippen LogP contribution in [0.15, 0.2) is 41.4 Å². The Labute approximate surface area is 118 Å². The largest absolute Gasteiger partial charge is 0.282 e. The third-order valence-corrected chi connectivity index (χ3v) is 5.85. The van der Waals surface area contributed by atoms with Gasteiger partial charge in [-0.25, -0.2) is 8.42 Å². The molecular formula is C14H17N3O2S. The first kappa shape index (κ1) is 13.3. The second kappa shape index (κ2) is 5.03. The van der Waals surface area contributed by atoms with E-state index in [-0.39, 0.29) is 5.92 Å². The highest BCUT2D eigenvalue weighted by Gasteiger charge is 2.34. The Bertz CT molecular complexity index is 695. The molecule has 1 atom stereocenters. The number of sulfonamides is 1. The van der Waals surface area contributed by atoms with Gasteiger partial charge in [0.05, 0.1) is 4.90 Å². The Kier molecular flexibility index (Phi) is 3.35. The number of hydrogen-bond acceptors (Lipinski definition) is 3. The lowest BCUT2D eigenvalue weighted by Gasteiger charge is -2.17. The van der Waals surface area contributed by atoms with Crippen molar-refractivity contribution in [2.24, 2.45) is 0 Å². The molecule has 1 aromatic heterocycles. The molecule has 106 valence electrons. The molecule has 20 heavy (non-hydrogen) atoms. The van der Waals surface area contributed by atoms with Crippen LogP contribution >= 0.6 is 0 Å². The minimum atomic E-state index is -3.39. The summed E-state index contributed by atoms with van der Waals surface area (Å²) in [6, 6.07) is 9.03. The molecule has 2 aromatic rings. The molecule has 5 nitrogen and oxygen atoms in total. The van der Waals surface area contributed by atoms with E-state index in [9.17, 15) is 8.42 Å². The van der Waals surface area contributed by atoms with Crippen molar-refractivity contribution < 1.29 is 8.42 Å². The Morgan fingerprint density at radius 1 is 1.30 bits per heavy atom. The van der Waals surface area contributed by atoms with E-state index >= 15 is 0 Å². The first-order chi connectivity index (χ1) is 9.59. The highest BCUT2D eigenvalue weighted by molar-refractivity contribution is 7.89. The molecule has 1 aliphatic heterocycles. The lowest BCUT2D eigenvalue weighted by molar-refractivity contribution is 0.471. The molecule has 0 aliphatic carbocycles. The third kappa shape index (κ3) is 2.25. The van der Waals surface area contributed by atoms with Crippen LogP contribution in [0, 0.1) is 6.92 Å². The van der Waals surface area contributed by atoms with Crippen molar-refractivity contribution in [3.05, 3.63) is 47.8 Å². The Morgan fingerprint density at radius 3 is 2.80 bits per heavy atom. The Balaban J connectivity index is 1.85. The number of aromatic nitrogens is 2. The van der Waals surface area contributed by atoms with Crippen LogP contribution in [0.2, 0.25) is 0 Å². The zero-order chi connectivity index (χ0) is 14.2. The number of aryl methyl sites for hydroxylation is 1. The Morgan fingerprint density at radius 2 is 2.10 bits per heavy atom. The number of hydrogen-bond donors (Lipinski definition) is 1. The molecule has 1 unspecified atom stereocenters. The molecule has 2 heterocycles. The molecule has 1 fully saturated rings. The Hall–Kier alpha value is -1.66. The number of benzene rings is 1. The average Bonchev–Trinajstić information content (AvgIpc) is 3.10. The summed E-state index contributed by atoms with van der Waals surface area (Å²) in [5.74, 6) is 0.205. The molecule has 1 saturated heterocycles. The van der Waals surface area contributed by atoms with Crippen molar-refractivity contribution in [2.45, 2.75) is 24.2 Å². The number of aromatic amines is 1. The van der Waals surface area contributed by atoms with Crippen molar-refractivity contribution in [1.29, 1.82) is 0 Å². The molecule has 0 spiro atoms. The van der Waals surface area contributed by atoms with Crippen LogP contribution in [0.4, 0.5) is 0 Å². The number of H-pyrrole nitrogens is 1. The van der Waals surface area contributed by atoms with Crippen LogP contribution in [0.3, 0.4) is 0 Å². The molecule has 0 saturated carbocycles. The summed E-state index contributed by atoms with van der Waals surface area (Å²) in [4.78, 5) is 0.408. The fourth-order valence-corrected chi connectivity index (χ4v) is 4.40. The van der Waals surface area contributed by atoms with Crippen molar-refractivity contribution >= 4 is 10.0 Å². The van der Waals surface area contributed by atoms with Gasteiger partial charge in [0.25, 0.3) is 0 Å². The van der Waals surface area contributed by atoms with Gasteiger partial charge in [-0.2, -0.15) is 9.40 Å². The maximum Gasteiger partial charge on any atom is 0.243 e. The van der Waals surface area contributed by atoms with Gasteiger partial charge in [0, 0.05) is 30.9 Å². The SMILES string of the molecule is Cc1ccccc1S(=O)(=O)N1CCC(c2ccn[nH]2)C1. The highest BCUT2D eigenvalue weighted by atomic mass is 32.2. The van der Waals surface area contributed by atoms with E-state index in [4.69, 9.17) is 0 Å². The van der Waals surface area contributed by atoms with Crippen LogP contribution in [0.25, 0.3) is 0 Å². The van der Waals surface area contributed by atoms with Gasteiger partial charge in [0.1, 0.15) is 0 Å². The molecule has 6 heteroatoms. The lowest BCUT2D eigenvalue weighted by Crippen LogP contribution is -2.29. The summed E-state index contributed by atoms with van der Waals surface area (Å²) >= 11 is 0. The standard InChI is InChI=1S/C14H17N3O2S/c1-11-4-2-3-5-14(11)20(18,19)17-9-7-12(10-17)13-6-8-15-16-13/h2-6,8,12H,7,9-10H2,1H3,(H,15,16). The monoisotopic (exact) mass is 291 g/mol. The van der Waals surface area contributed by atoms with Crippen LogP contribution in [-0.2, 0) is 10.0 Å². The van der Waals surface area contributed by atoms with E-state index in [1.807, 2.05) is 25.1 Å². The quantitative estimate of drug-likeness (QED) is 0.939. The van der Waals surface area contributed by atoms with E-state index in [0.29, 0.717) is 18.0 Å². The van der Waals surface area contributed by atoms with Crippen molar-refractivity contribution in [1.82, 2.24) is 14.5 Å². The predicted molar refractivity (Wildman–Crippen MR) is 75.9 cm³/mol. The summed E-state index contributed by atoms with van der Waals surface area (Å²) < 4.78 is 26.9. The second-order valence-corrected chi connectivity index (χ2v) is 7.03. The zero-order valence-electron chi connectivity index (χ0n) is 11.3. The van der Waals surface area contributed by atoms with Gasteiger partial charge in [-0.3, -0.25) is 5.10 Å². The number of nitrogens with zero attached hydrogens (tertiary/aromatic N) is 2. The summed E-state index contributed by atoms with van der Waals surface area (Å²) in [6.07, 6.45) is 2.53. The molecular weight excluding hydrogens is 274 g/mol. The summed E-state index contributed by atoms with van der Waals surface area (Å²) in [5, 5.41) is 6.86. The summed E-state index contributed by atoms with van der Waals surface area (Å²) in [5.41, 5.74) is 1.80. The van der Waals surface area contributed by atoms with E-state index < -0.39 is 10.0 Å². The summed E-state index contributed by atoms with van der Waals surface area (Å²) in [6.45, 7) is 2.90. The number of nitrogens with one attached hydrogen (secondary N) is 1. The van der Waals surface area contributed by atoms with Crippen molar-refractivity contribution in [3.63, 3.8) is 0 Å². The topological polar surface area (TPSA) is 66.1 Å². The second-order valence-electron chi connectivity index (χ2n) is 5.13. The van der Waals surface area contributed by atoms with Gasteiger partial charge in [0.2, 0.25) is 10.0 Å². The zero-order valence-corrected chi connectivity index (χ0v) is 12.1. The van der Waals surface area contributed by atoms with Gasteiger partial charge in [-0.05, 0) is 31.0 Å². The minimum absolute atomic E-state index is 0.205. The predicted octanol–water partition coefficient (Wildman–Crippen LogP) is 1.90. The van der Waals surface area contributed by atoms with Crippen LogP contribution in [0.5, 0.6) is 0 Å². The maximum absolute atomic E-state index is 12.7. The first-order valence-electron chi connectivity index (χ1n) is 6.64. The molecule has 1 aromatic carbocycles. The maximum atomic E-state index is 12.7. The summed E-state index contributed by atoms with van der Waals surface area (Å²) in [7, 11) is -3.39. The van der Waals surface area contributed by atoms with E-state index in [2.05, 4.69) is 10.2 Å². The van der Waals surface area contributed by atoms with Crippen molar-refractivity contribution in [3.8, 4) is 0 Å². The average molecular weight is 291 g/mol. The van der Waals surface area contributed by atoms with Crippen molar-refractivity contribution in [2.75, 3.05) is 13.1 Å². The van der Waals surface area contributed by atoms with E-state index in [1.54, 1.807) is 22.6 Å². The molecule has 3 rings (SSSR count). The fraction of sp³-hybridized carbons (Fsp3) is 0.357. The van der Waals surface area contributed by atoms with Crippen LogP contribution in [-0.4, -0.2) is 36.0 Å². The van der Waals surface area contributed by atoms with Gasteiger partial charge >= 0.3 is 0 Å². The normalized spacial score (nSPS) is 20.4.